The van der Waals surface area contributed by atoms with Crippen molar-refractivity contribution < 1.29 is 9.53 Å². The molecule has 1 aromatic rings. The lowest BCUT2D eigenvalue weighted by molar-refractivity contribution is 0.0803. The molecule has 1 atom stereocenters. The molecule has 1 amide bonds. The molecule has 1 aliphatic rings. The van der Waals surface area contributed by atoms with Gasteiger partial charge in [-0.2, -0.15) is 0 Å². The van der Waals surface area contributed by atoms with Gasteiger partial charge in [-0.15, -0.1) is 0 Å². The van der Waals surface area contributed by atoms with E-state index in [-0.39, 0.29) is 12.1 Å². The Bertz CT molecular complexity index is 398. The van der Waals surface area contributed by atoms with Crippen LogP contribution < -0.4 is 5.73 Å². The lowest BCUT2D eigenvalue weighted by atomic mass is 9.91. The summed E-state index contributed by atoms with van der Waals surface area (Å²) >= 11 is 0. The van der Waals surface area contributed by atoms with Gasteiger partial charge < -0.3 is 15.4 Å². The third-order valence-electron chi connectivity index (χ3n) is 3.75. The fraction of sp³-hybridized carbons (Fsp3) is 0.533. The van der Waals surface area contributed by atoms with Crippen LogP contribution in [0.4, 0.5) is 4.79 Å². The number of ether oxygens (including phenoxy) is 1. The van der Waals surface area contributed by atoms with E-state index in [0.717, 1.165) is 31.5 Å². The van der Waals surface area contributed by atoms with Gasteiger partial charge in [-0.05, 0) is 31.2 Å². The Labute approximate surface area is 114 Å². The number of rotatable bonds is 3. The molecule has 1 saturated heterocycles. The fourth-order valence-electron chi connectivity index (χ4n) is 2.42. The summed E-state index contributed by atoms with van der Waals surface area (Å²) in [5.41, 5.74) is 6.90. The average Bonchev–Trinajstić information content (AvgIpc) is 2.46. The zero-order chi connectivity index (χ0) is 13.7. The molecule has 19 heavy (non-hydrogen) atoms. The topological polar surface area (TPSA) is 55.6 Å². The summed E-state index contributed by atoms with van der Waals surface area (Å²) in [5.74, 6) is 0.526. The van der Waals surface area contributed by atoms with Crippen molar-refractivity contribution in [3.8, 4) is 0 Å². The first-order chi connectivity index (χ1) is 9.16. The summed E-state index contributed by atoms with van der Waals surface area (Å²) in [4.78, 5) is 13.7. The molecule has 4 nitrogen and oxygen atoms in total. The third-order valence-corrected chi connectivity index (χ3v) is 3.75. The molecule has 2 N–H and O–H groups in total. The molecule has 104 valence electrons. The second kappa shape index (κ2) is 6.57. The predicted molar refractivity (Wildman–Crippen MR) is 74.6 cm³/mol. The number of benzene rings is 1. The van der Waals surface area contributed by atoms with Gasteiger partial charge in [-0.25, -0.2) is 4.79 Å². The predicted octanol–water partition coefficient (Wildman–Crippen LogP) is 2.38. The van der Waals surface area contributed by atoms with Crippen molar-refractivity contribution in [3.63, 3.8) is 0 Å². The zero-order valence-corrected chi connectivity index (χ0v) is 11.4. The number of amides is 1. The van der Waals surface area contributed by atoms with E-state index in [0.29, 0.717) is 12.5 Å². The Hall–Kier alpha value is -1.55. The molecule has 0 bridgehead atoms. The summed E-state index contributed by atoms with van der Waals surface area (Å²) < 4.78 is 5.32. The van der Waals surface area contributed by atoms with E-state index in [1.807, 2.05) is 37.3 Å². The Kier molecular flexibility index (Phi) is 4.80. The number of hydrogen-bond donors (Lipinski definition) is 1. The first-order valence-corrected chi connectivity index (χ1v) is 6.88. The molecule has 0 aliphatic carbocycles. The molecule has 0 saturated carbocycles. The zero-order valence-electron chi connectivity index (χ0n) is 11.4. The van der Waals surface area contributed by atoms with Gasteiger partial charge in [0, 0.05) is 19.1 Å². The fourth-order valence-corrected chi connectivity index (χ4v) is 2.42. The molecule has 0 radical (unpaired) electrons. The highest BCUT2D eigenvalue weighted by Crippen LogP contribution is 2.20. The summed E-state index contributed by atoms with van der Waals surface area (Å²) in [7, 11) is 0. The van der Waals surface area contributed by atoms with Crippen LogP contribution in [0.5, 0.6) is 0 Å². The molecule has 1 fully saturated rings. The van der Waals surface area contributed by atoms with Crippen LogP contribution in [0, 0.1) is 5.92 Å². The second-order valence-electron chi connectivity index (χ2n) is 5.22. The smallest absolute Gasteiger partial charge is 0.410 e. The van der Waals surface area contributed by atoms with E-state index < -0.39 is 0 Å². The normalized spacial score (nSPS) is 18.1. The largest absolute Gasteiger partial charge is 0.445 e. The van der Waals surface area contributed by atoms with Gasteiger partial charge in [0.1, 0.15) is 6.61 Å². The molecule has 1 aliphatic heterocycles. The van der Waals surface area contributed by atoms with Crippen LogP contribution in [0.15, 0.2) is 30.3 Å². The minimum Gasteiger partial charge on any atom is -0.445 e. The number of piperidine rings is 1. The van der Waals surface area contributed by atoms with Crippen molar-refractivity contribution in [2.24, 2.45) is 11.7 Å². The van der Waals surface area contributed by atoms with E-state index in [1.165, 1.54) is 0 Å². The quantitative estimate of drug-likeness (QED) is 0.910. The Morgan fingerprint density at radius 3 is 2.58 bits per heavy atom. The van der Waals surface area contributed by atoms with Crippen molar-refractivity contribution in [3.05, 3.63) is 35.9 Å². The standard InChI is InChI=1S/C15H22N2O2/c1-12(16)14-7-9-17(10-8-14)15(18)19-11-13-5-3-2-4-6-13/h2-6,12,14H,7-11,16H2,1H3. The Balaban J connectivity index is 1.76. The first kappa shape index (κ1) is 13.9. The van der Waals surface area contributed by atoms with Gasteiger partial charge in [0.05, 0.1) is 0 Å². The molecule has 4 heteroatoms. The molecule has 2 rings (SSSR count). The molecular weight excluding hydrogens is 240 g/mol. The minimum absolute atomic E-state index is 0.211. The van der Waals surface area contributed by atoms with Crippen molar-refractivity contribution in [2.45, 2.75) is 32.4 Å². The van der Waals surface area contributed by atoms with Gasteiger partial charge >= 0.3 is 6.09 Å². The highest BCUT2D eigenvalue weighted by atomic mass is 16.6. The highest BCUT2D eigenvalue weighted by molar-refractivity contribution is 5.67. The lowest BCUT2D eigenvalue weighted by Crippen LogP contribution is -2.42. The van der Waals surface area contributed by atoms with Crippen molar-refractivity contribution in [1.29, 1.82) is 0 Å². The van der Waals surface area contributed by atoms with Crippen LogP contribution in [0.25, 0.3) is 0 Å². The average molecular weight is 262 g/mol. The number of carbonyl (C=O) groups is 1. The van der Waals surface area contributed by atoms with E-state index in [2.05, 4.69) is 0 Å². The van der Waals surface area contributed by atoms with Crippen LogP contribution in [0.3, 0.4) is 0 Å². The Morgan fingerprint density at radius 1 is 1.37 bits per heavy atom. The van der Waals surface area contributed by atoms with Gasteiger partial charge in [-0.1, -0.05) is 30.3 Å². The number of nitrogens with zero attached hydrogens (tertiary/aromatic N) is 1. The van der Waals surface area contributed by atoms with Gasteiger partial charge in [0.2, 0.25) is 0 Å². The maximum atomic E-state index is 11.9. The minimum atomic E-state index is -0.216. The number of likely N-dealkylation sites (tertiary alicyclic amines) is 1. The van der Waals surface area contributed by atoms with Crippen LogP contribution in [0.2, 0.25) is 0 Å². The monoisotopic (exact) mass is 262 g/mol. The lowest BCUT2D eigenvalue weighted by Gasteiger charge is -2.33. The molecule has 0 spiro atoms. The Morgan fingerprint density at radius 2 is 2.00 bits per heavy atom. The summed E-state index contributed by atoms with van der Waals surface area (Å²) in [6.07, 6.45) is 1.72. The molecular formula is C15H22N2O2. The number of hydrogen-bond acceptors (Lipinski definition) is 3. The summed E-state index contributed by atoms with van der Waals surface area (Å²) in [5, 5.41) is 0. The SMILES string of the molecule is CC(N)C1CCN(C(=O)OCc2ccccc2)CC1. The van der Waals surface area contributed by atoms with Crippen LogP contribution in [-0.4, -0.2) is 30.1 Å². The first-order valence-electron chi connectivity index (χ1n) is 6.88. The number of nitrogens with two attached hydrogens (primary N) is 1. The van der Waals surface area contributed by atoms with E-state index in [1.54, 1.807) is 4.90 Å². The molecule has 1 heterocycles. The van der Waals surface area contributed by atoms with E-state index in [9.17, 15) is 4.79 Å². The summed E-state index contributed by atoms with van der Waals surface area (Å²) in [6, 6.07) is 9.95. The molecule has 0 aromatic heterocycles. The van der Waals surface area contributed by atoms with Crippen LogP contribution in [0.1, 0.15) is 25.3 Å². The molecule has 1 unspecified atom stereocenters. The van der Waals surface area contributed by atoms with Crippen LogP contribution >= 0.6 is 0 Å². The van der Waals surface area contributed by atoms with Gasteiger partial charge in [0.15, 0.2) is 0 Å². The maximum absolute atomic E-state index is 11.9. The van der Waals surface area contributed by atoms with Crippen LogP contribution in [-0.2, 0) is 11.3 Å². The third kappa shape index (κ3) is 3.96. The second-order valence-corrected chi connectivity index (χ2v) is 5.22. The molecule has 1 aromatic carbocycles. The van der Waals surface area contributed by atoms with Gasteiger partial charge in [0.25, 0.3) is 0 Å². The van der Waals surface area contributed by atoms with Crippen molar-refractivity contribution >= 4 is 6.09 Å². The van der Waals surface area contributed by atoms with E-state index >= 15 is 0 Å². The van der Waals surface area contributed by atoms with Crippen molar-refractivity contribution in [1.82, 2.24) is 4.90 Å². The van der Waals surface area contributed by atoms with Gasteiger partial charge in [-0.3, -0.25) is 0 Å². The maximum Gasteiger partial charge on any atom is 0.410 e. The summed E-state index contributed by atoms with van der Waals surface area (Å²) in [6.45, 7) is 3.88. The number of carbonyl (C=O) groups excluding carboxylic acids is 1. The van der Waals surface area contributed by atoms with E-state index in [4.69, 9.17) is 10.5 Å². The van der Waals surface area contributed by atoms with Crippen molar-refractivity contribution in [2.75, 3.05) is 13.1 Å². The highest BCUT2D eigenvalue weighted by Gasteiger charge is 2.25.